The molecule has 2 heteroatoms. The predicted octanol–water partition coefficient (Wildman–Crippen LogP) is 5.15. The Morgan fingerprint density at radius 2 is 1.68 bits per heavy atom. The van der Waals surface area contributed by atoms with Gasteiger partial charge in [0.15, 0.2) is 8.24 Å². The van der Waals surface area contributed by atoms with Crippen LogP contribution < -0.4 is 4.98 Å². The molecule has 0 amide bonds. The minimum Gasteiger partial charge on any atom is -0.407 e. The molecule has 1 N–H and O–H groups in total. The van der Waals surface area contributed by atoms with Crippen LogP contribution in [0, 0.1) is 5.41 Å². The van der Waals surface area contributed by atoms with Crippen LogP contribution in [0.1, 0.15) is 27.2 Å². The molecule has 0 radical (unpaired) electrons. The highest BCUT2D eigenvalue weighted by molar-refractivity contribution is 6.87. The molecule has 0 saturated carbocycles. The van der Waals surface area contributed by atoms with Gasteiger partial charge in [-0.1, -0.05) is 56.7 Å². The summed E-state index contributed by atoms with van der Waals surface area (Å²) in [5.41, 5.74) is 3.11. The highest BCUT2D eigenvalue weighted by Gasteiger charge is 2.33. The van der Waals surface area contributed by atoms with Crippen molar-refractivity contribution in [3.8, 4) is 0 Å². The summed E-state index contributed by atoms with van der Waals surface area (Å²) in [4.78, 5) is 3.79. The molecule has 102 valence electrons. The molecule has 0 fully saturated rings. The number of allylic oxidation sites excluding steroid dienone is 4. The maximum Gasteiger partial charge on any atom is 0.179 e. The van der Waals surface area contributed by atoms with Crippen LogP contribution in [0.25, 0.3) is 0 Å². The van der Waals surface area contributed by atoms with E-state index in [2.05, 4.69) is 81.3 Å². The quantitative estimate of drug-likeness (QED) is 0.750. The van der Waals surface area contributed by atoms with Gasteiger partial charge in [0.05, 0.1) is 0 Å². The zero-order valence-corrected chi connectivity index (χ0v) is 13.7. The van der Waals surface area contributed by atoms with Gasteiger partial charge in [-0.25, -0.2) is 0 Å². The number of hydrogen-bond donors (Lipinski definition) is 1. The lowest BCUT2D eigenvalue weighted by molar-refractivity contribution is 0.495. The average Bonchev–Trinajstić information content (AvgIpc) is 2.78. The molecule has 1 aliphatic rings. The lowest BCUT2D eigenvalue weighted by Crippen LogP contribution is -2.40. The molecule has 1 aromatic rings. The molecule has 1 nitrogen and oxygen atoms in total. The summed E-state index contributed by atoms with van der Waals surface area (Å²) in [6.07, 6.45) is 5.78. The van der Waals surface area contributed by atoms with Crippen molar-refractivity contribution >= 4 is 13.9 Å². The molecule has 0 unspecified atom stereocenters. The van der Waals surface area contributed by atoms with Crippen molar-refractivity contribution in [3.63, 3.8) is 0 Å². The monoisotopic (exact) mass is 271 g/mol. The Hall–Kier alpha value is -1.28. The van der Waals surface area contributed by atoms with Crippen molar-refractivity contribution in [2.24, 2.45) is 5.41 Å². The summed E-state index contributed by atoms with van der Waals surface area (Å²) < 4.78 is 0. The lowest BCUT2D eigenvalue weighted by atomic mass is 9.86. The molecule has 0 saturated heterocycles. The van der Waals surface area contributed by atoms with Crippen molar-refractivity contribution in [1.29, 1.82) is 0 Å². The molecule has 0 aromatic heterocycles. The fraction of sp³-hybridized carbons (Fsp3) is 0.412. The van der Waals surface area contributed by atoms with Gasteiger partial charge in [-0.05, 0) is 42.3 Å². The first-order valence-electron chi connectivity index (χ1n) is 7.04. The molecule has 0 bridgehead atoms. The van der Waals surface area contributed by atoms with Gasteiger partial charge in [0, 0.05) is 5.69 Å². The SMILES string of the molecule is CC(C)(C)C1=C([Si](C)(C)Nc2ccccc2)C=CC1. The molecular weight excluding hydrogens is 246 g/mol. The standard InChI is InChI=1S/C17H25NSi/c1-17(2,3)15-12-9-13-16(15)19(4,5)18-14-10-7-6-8-11-14/h6-11,13,18H,12H2,1-5H3. The third-order valence-corrected chi connectivity index (χ3v) is 6.47. The van der Waals surface area contributed by atoms with E-state index in [9.17, 15) is 0 Å². The zero-order valence-electron chi connectivity index (χ0n) is 12.7. The van der Waals surface area contributed by atoms with Gasteiger partial charge in [0.25, 0.3) is 0 Å². The van der Waals surface area contributed by atoms with Crippen LogP contribution in [-0.2, 0) is 0 Å². The fourth-order valence-corrected chi connectivity index (χ4v) is 5.54. The van der Waals surface area contributed by atoms with E-state index in [0.29, 0.717) is 0 Å². The summed E-state index contributed by atoms with van der Waals surface area (Å²) in [6.45, 7) is 11.8. The topological polar surface area (TPSA) is 12.0 Å². The minimum absolute atomic E-state index is 0.265. The Morgan fingerprint density at radius 3 is 2.26 bits per heavy atom. The number of benzene rings is 1. The molecule has 1 aromatic carbocycles. The first-order chi connectivity index (χ1) is 8.81. The van der Waals surface area contributed by atoms with Crippen molar-refractivity contribution in [1.82, 2.24) is 0 Å². The Balaban J connectivity index is 2.31. The van der Waals surface area contributed by atoms with Crippen LogP contribution in [0.2, 0.25) is 13.1 Å². The van der Waals surface area contributed by atoms with Crippen LogP contribution in [0.3, 0.4) is 0 Å². The smallest absolute Gasteiger partial charge is 0.179 e. The molecular formula is C17H25NSi. The van der Waals surface area contributed by atoms with Gasteiger partial charge >= 0.3 is 0 Å². The largest absolute Gasteiger partial charge is 0.407 e. The summed E-state index contributed by atoms with van der Waals surface area (Å²) >= 11 is 0. The second-order valence-electron chi connectivity index (χ2n) is 6.86. The predicted molar refractivity (Wildman–Crippen MR) is 87.8 cm³/mol. The number of hydrogen-bond acceptors (Lipinski definition) is 1. The van der Waals surface area contributed by atoms with E-state index in [1.165, 1.54) is 5.69 Å². The number of rotatable bonds is 3. The summed E-state index contributed by atoms with van der Waals surface area (Å²) in [5.74, 6) is 0. The van der Waals surface area contributed by atoms with Gasteiger partial charge in [-0.15, -0.1) is 0 Å². The maximum atomic E-state index is 3.79. The van der Waals surface area contributed by atoms with Crippen molar-refractivity contribution < 1.29 is 0 Å². The Bertz CT molecular complexity index is 504. The van der Waals surface area contributed by atoms with Crippen LogP contribution in [0.4, 0.5) is 5.69 Å². The maximum absolute atomic E-state index is 3.79. The van der Waals surface area contributed by atoms with E-state index in [4.69, 9.17) is 0 Å². The number of nitrogens with one attached hydrogen (secondary N) is 1. The van der Waals surface area contributed by atoms with Crippen LogP contribution in [0.15, 0.2) is 53.3 Å². The van der Waals surface area contributed by atoms with Gasteiger partial charge in [-0.3, -0.25) is 0 Å². The number of para-hydroxylation sites is 1. The van der Waals surface area contributed by atoms with E-state index in [0.717, 1.165) is 6.42 Å². The molecule has 0 atom stereocenters. The third kappa shape index (κ3) is 3.18. The van der Waals surface area contributed by atoms with Crippen molar-refractivity contribution in [3.05, 3.63) is 53.3 Å². The second-order valence-corrected chi connectivity index (χ2v) is 10.9. The molecule has 2 rings (SSSR count). The van der Waals surface area contributed by atoms with E-state index < -0.39 is 8.24 Å². The van der Waals surface area contributed by atoms with Crippen LogP contribution in [0.5, 0.6) is 0 Å². The highest BCUT2D eigenvalue weighted by atomic mass is 28.3. The van der Waals surface area contributed by atoms with E-state index in [-0.39, 0.29) is 5.41 Å². The van der Waals surface area contributed by atoms with Gasteiger partial charge in [0.2, 0.25) is 0 Å². The van der Waals surface area contributed by atoms with Crippen LogP contribution >= 0.6 is 0 Å². The van der Waals surface area contributed by atoms with Gasteiger partial charge < -0.3 is 4.98 Å². The average molecular weight is 271 g/mol. The van der Waals surface area contributed by atoms with Gasteiger partial charge in [0.1, 0.15) is 0 Å². The first kappa shape index (κ1) is 14.1. The van der Waals surface area contributed by atoms with E-state index in [1.807, 2.05) is 0 Å². The molecule has 0 spiro atoms. The summed E-state index contributed by atoms with van der Waals surface area (Å²) in [7, 11) is -1.64. The normalized spacial score (nSPS) is 16.1. The Morgan fingerprint density at radius 1 is 1.05 bits per heavy atom. The molecule has 19 heavy (non-hydrogen) atoms. The van der Waals surface area contributed by atoms with Crippen molar-refractivity contribution in [2.75, 3.05) is 4.98 Å². The second kappa shape index (κ2) is 5.01. The fourth-order valence-electron chi connectivity index (χ4n) is 2.75. The van der Waals surface area contributed by atoms with Crippen LogP contribution in [-0.4, -0.2) is 8.24 Å². The minimum atomic E-state index is -1.64. The van der Waals surface area contributed by atoms with E-state index in [1.54, 1.807) is 10.8 Å². The summed E-state index contributed by atoms with van der Waals surface area (Å²) in [5, 5.41) is 1.57. The van der Waals surface area contributed by atoms with E-state index >= 15 is 0 Å². The lowest BCUT2D eigenvalue weighted by Gasteiger charge is -2.31. The third-order valence-electron chi connectivity index (χ3n) is 3.74. The van der Waals surface area contributed by atoms with Crippen molar-refractivity contribution in [2.45, 2.75) is 40.3 Å². The first-order valence-corrected chi connectivity index (χ1v) is 10.0. The zero-order chi connectivity index (χ0) is 14.1. The van der Waals surface area contributed by atoms with Gasteiger partial charge in [-0.2, -0.15) is 0 Å². The molecule has 0 heterocycles. The molecule has 0 aliphatic heterocycles. The summed E-state index contributed by atoms with van der Waals surface area (Å²) in [6, 6.07) is 10.6. The molecule has 1 aliphatic carbocycles. The number of anilines is 1. The highest BCUT2D eigenvalue weighted by Crippen LogP contribution is 2.38. The Kier molecular flexibility index (Phi) is 3.72. The Labute approximate surface area is 118 Å².